The minimum atomic E-state index is -3.01. The molecule has 1 aromatic carbocycles. The second kappa shape index (κ2) is 15.1. The first-order valence-electron chi connectivity index (χ1n) is 11.2. The summed E-state index contributed by atoms with van der Waals surface area (Å²) < 4.78 is 27.9. The maximum absolute atomic E-state index is 11.1. The van der Waals surface area contributed by atoms with E-state index in [-0.39, 0.29) is 18.1 Å². The largest absolute Gasteiger partial charge is 0.474 e. The predicted octanol–water partition coefficient (Wildman–Crippen LogP) is 3.97. The Labute approximate surface area is 191 Å². The lowest BCUT2D eigenvalue weighted by atomic mass is 10.1. The van der Waals surface area contributed by atoms with Gasteiger partial charge in [0, 0.05) is 24.6 Å². The average molecular weight is 466 g/mol. The van der Waals surface area contributed by atoms with E-state index in [1.165, 1.54) is 26.0 Å². The fraction of sp³-hybridized carbons (Fsp3) is 0.565. The van der Waals surface area contributed by atoms with Crippen molar-refractivity contribution >= 4 is 8.25 Å². The maximum Gasteiger partial charge on any atom is 0.316 e. The summed E-state index contributed by atoms with van der Waals surface area (Å²) in [5.74, 6) is 0.484. The Morgan fingerprint density at radius 2 is 1.81 bits per heavy atom. The molecular formula is C23H36N3O5P. The van der Waals surface area contributed by atoms with Gasteiger partial charge in [-0.05, 0) is 31.6 Å². The van der Waals surface area contributed by atoms with Crippen LogP contribution >= 0.6 is 8.25 Å². The Kier molecular flexibility index (Phi) is 12.5. The molecule has 0 radical (unpaired) electrons. The van der Waals surface area contributed by atoms with Gasteiger partial charge < -0.3 is 23.8 Å². The third kappa shape index (κ3) is 9.76. The van der Waals surface area contributed by atoms with Crippen molar-refractivity contribution in [2.24, 2.45) is 5.92 Å². The number of aromatic nitrogens is 2. The zero-order valence-electron chi connectivity index (χ0n) is 19.2. The summed E-state index contributed by atoms with van der Waals surface area (Å²) >= 11 is 0. The zero-order valence-corrected chi connectivity index (χ0v) is 20.2. The lowest BCUT2D eigenvalue weighted by Gasteiger charge is -2.18. The van der Waals surface area contributed by atoms with Crippen molar-refractivity contribution in [2.45, 2.75) is 52.4 Å². The number of ether oxygens (including phenoxy) is 2. The molecule has 8 nitrogen and oxygen atoms in total. The standard InChI is InChI=1S/C17H21N2O5P.C6H15N/c20-25(21)24-16-9-15(23-17-6-7-18-12-19-17)8-14(16)11-22-10-13-4-2-1-3-5-13;1-4-7(5-2)6-3/h1-7,12,14-16,25H,8-11H2,(H,20,21);4-6H2,1-3H3/t14-,15-,16+;/m1./s1. The van der Waals surface area contributed by atoms with Gasteiger partial charge in [-0.25, -0.2) is 9.97 Å². The Balaban J connectivity index is 0.000000451. The molecule has 2 aromatic rings. The number of hydrogen-bond acceptors (Lipinski definition) is 7. The van der Waals surface area contributed by atoms with E-state index in [2.05, 4.69) is 35.6 Å². The Morgan fingerprint density at radius 1 is 1.09 bits per heavy atom. The molecule has 0 amide bonds. The van der Waals surface area contributed by atoms with Gasteiger partial charge in [0.15, 0.2) is 0 Å². The van der Waals surface area contributed by atoms with Gasteiger partial charge in [-0.2, -0.15) is 0 Å². The lowest BCUT2D eigenvalue weighted by molar-refractivity contribution is 0.0451. The van der Waals surface area contributed by atoms with Crippen molar-refractivity contribution < 1.29 is 23.5 Å². The van der Waals surface area contributed by atoms with Crippen molar-refractivity contribution in [3.8, 4) is 5.88 Å². The van der Waals surface area contributed by atoms with E-state index in [1.54, 1.807) is 12.3 Å². The molecule has 1 unspecified atom stereocenters. The van der Waals surface area contributed by atoms with E-state index in [0.717, 1.165) is 5.56 Å². The molecule has 1 aliphatic rings. The van der Waals surface area contributed by atoms with E-state index in [4.69, 9.17) is 18.9 Å². The van der Waals surface area contributed by atoms with Crippen LogP contribution in [0.2, 0.25) is 0 Å². The van der Waals surface area contributed by atoms with Gasteiger partial charge >= 0.3 is 8.25 Å². The smallest absolute Gasteiger partial charge is 0.316 e. The van der Waals surface area contributed by atoms with Crippen molar-refractivity contribution in [2.75, 3.05) is 26.2 Å². The molecule has 0 aliphatic heterocycles. The van der Waals surface area contributed by atoms with E-state index < -0.39 is 8.25 Å². The van der Waals surface area contributed by atoms with Crippen molar-refractivity contribution in [3.63, 3.8) is 0 Å². The molecule has 4 atom stereocenters. The van der Waals surface area contributed by atoms with Crippen LogP contribution in [0, 0.1) is 5.92 Å². The summed E-state index contributed by atoms with van der Waals surface area (Å²) in [6.45, 7) is 11.1. The highest BCUT2D eigenvalue weighted by Crippen LogP contribution is 2.36. The summed E-state index contributed by atoms with van der Waals surface area (Å²) in [4.78, 5) is 19.4. The molecule has 1 saturated carbocycles. The average Bonchev–Trinajstić information content (AvgIpc) is 3.17. The quantitative estimate of drug-likeness (QED) is 0.499. The van der Waals surface area contributed by atoms with Crippen LogP contribution in [0.5, 0.6) is 5.88 Å². The van der Waals surface area contributed by atoms with Gasteiger partial charge in [0.1, 0.15) is 12.4 Å². The van der Waals surface area contributed by atoms with E-state index in [0.29, 0.717) is 31.9 Å². The summed E-state index contributed by atoms with van der Waals surface area (Å²) in [6, 6.07) is 11.6. The number of nitrogens with zero attached hydrogens (tertiary/aromatic N) is 3. The van der Waals surface area contributed by atoms with E-state index in [9.17, 15) is 4.57 Å². The molecule has 0 spiro atoms. The van der Waals surface area contributed by atoms with Crippen LogP contribution in [0.3, 0.4) is 0 Å². The van der Waals surface area contributed by atoms with Crippen LogP contribution in [0.1, 0.15) is 39.2 Å². The normalized spacial score (nSPS) is 21.1. The Bertz CT molecular complexity index is 759. The van der Waals surface area contributed by atoms with Gasteiger partial charge in [0.2, 0.25) is 5.88 Å². The van der Waals surface area contributed by atoms with Crippen LogP contribution in [0.15, 0.2) is 48.9 Å². The SMILES string of the molecule is CCN(CC)CC.O=[PH](O)O[C@H]1C[C@H](Oc2ccncn2)C[C@@H]1COCc1ccccc1. The first-order valence-corrected chi connectivity index (χ1v) is 12.5. The first-order chi connectivity index (χ1) is 15.5. The lowest BCUT2D eigenvalue weighted by Crippen LogP contribution is -2.21. The molecular weight excluding hydrogens is 429 g/mol. The molecule has 1 N–H and O–H groups in total. The van der Waals surface area contributed by atoms with Gasteiger partial charge in [-0.1, -0.05) is 51.1 Å². The van der Waals surface area contributed by atoms with Crippen LogP contribution in [0.4, 0.5) is 0 Å². The van der Waals surface area contributed by atoms with Crippen molar-refractivity contribution in [3.05, 3.63) is 54.5 Å². The molecule has 32 heavy (non-hydrogen) atoms. The van der Waals surface area contributed by atoms with Crippen LogP contribution in [-0.2, 0) is 20.4 Å². The van der Waals surface area contributed by atoms with Crippen molar-refractivity contribution in [1.29, 1.82) is 0 Å². The third-order valence-electron chi connectivity index (χ3n) is 5.47. The van der Waals surface area contributed by atoms with Crippen LogP contribution in [0.25, 0.3) is 0 Å². The van der Waals surface area contributed by atoms with E-state index in [1.807, 2.05) is 30.3 Å². The summed E-state index contributed by atoms with van der Waals surface area (Å²) in [7, 11) is -3.01. The van der Waals surface area contributed by atoms with Gasteiger partial charge in [0.05, 0.1) is 19.3 Å². The zero-order chi connectivity index (χ0) is 23.2. The van der Waals surface area contributed by atoms with Gasteiger partial charge in [0.25, 0.3) is 0 Å². The van der Waals surface area contributed by atoms with E-state index >= 15 is 0 Å². The summed E-state index contributed by atoms with van der Waals surface area (Å²) in [5, 5.41) is 0. The number of benzene rings is 1. The molecule has 0 bridgehead atoms. The molecule has 1 fully saturated rings. The minimum Gasteiger partial charge on any atom is -0.474 e. The number of rotatable bonds is 11. The highest BCUT2D eigenvalue weighted by atomic mass is 31.1. The summed E-state index contributed by atoms with van der Waals surface area (Å²) in [5.41, 5.74) is 1.09. The first kappa shape index (κ1) is 26.4. The highest BCUT2D eigenvalue weighted by Gasteiger charge is 2.37. The van der Waals surface area contributed by atoms with Crippen LogP contribution < -0.4 is 4.74 Å². The fourth-order valence-corrected chi connectivity index (χ4v) is 4.22. The maximum atomic E-state index is 11.1. The topological polar surface area (TPSA) is 94.0 Å². The highest BCUT2D eigenvalue weighted by molar-refractivity contribution is 7.32. The minimum absolute atomic E-state index is 0.00310. The fourth-order valence-electron chi connectivity index (χ4n) is 3.67. The van der Waals surface area contributed by atoms with Crippen LogP contribution in [-0.4, -0.2) is 58.2 Å². The monoisotopic (exact) mass is 465 g/mol. The molecule has 0 saturated heterocycles. The predicted molar refractivity (Wildman–Crippen MR) is 125 cm³/mol. The molecule has 9 heteroatoms. The van der Waals surface area contributed by atoms with Crippen molar-refractivity contribution in [1.82, 2.24) is 14.9 Å². The third-order valence-corrected chi connectivity index (χ3v) is 5.97. The molecule has 1 aromatic heterocycles. The molecule has 3 rings (SSSR count). The molecule has 1 aliphatic carbocycles. The Hall–Kier alpha value is -1.83. The second-order valence-corrected chi connectivity index (χ2v) is 8.33. The Morgan fingerprint density at radius 3 is 2.38 bits per heavy atom. The number of hydrogen-bond donors (Lipinski definition) is 1. The van der Waals surface area contributed by atoms with Gasteiger partial charge in [-0.15, -0.1) is 0 Å². The molecule has 178 valence electrons. The second-order valence-electron chi connectivity index (χ2n) is 7.56. The summed E-state index contributed by atoms with van der Waals surface area (Å²) in [6.07, 6.45) is 3.74. The van der Waals surface area contributed by atoms with Gasteiger partial charge in [-0.3, -0.25) is 4.57 Å². The molecule has 1 heterocycles.